The van der Waals surface area contributed by atoms with E-state index >= 15 is 0 Å². The summed E-state index contributed by atoms with van der Waals surface area (Å²) < 4.78 is 36.0. The molecule has 7 heteroatoms. The van der Waals surface area contributed by atoms with E-state index < -0.39 is 15.9 Å². The van der Waals surface area contributed by atoms with Crippen LogP contribution in [0.4, 0.5) is 0 Å². The van der Waals surface area contributed by atoms with Crippen LogP contribution in [-0.2, 0) is 10.1 Å². The maximum atomic E-state index is 10.4. The Labute approximate surface area is 122 Å². The van der Waals surface area contributed by atoms with Crippen molar-refractivity contribution in [3.05, 3.63) is 29.8 Å². The minimum absolute atomic E-state index is 0. The third kappa shape index (κ3) is 7.51. The SMILES string of the molecule is O=Cc1cccc(OCCCS(=O)(=O)[O-])c1.[Na+]. The van der Waals surface area contributed by atoms with Crippen molar-refractivity contribution in [3.63, 3.8) is 0 Å². The van der Waals surface area contributed by atoms with E-state index in [0.717, 1.165) is 0 Å². The van der Waals surface area contributed by atoms with E-state index in [9.17, 15) is 17.8 Å². The fourth-order valence-electron chi connectivity index (χ4n) is 1.10. The first kappa shape index (κ1) is 16.6. The third-order valence-electron chi connectivity index (χ3n) is 1.80. The topological polar surface area (TPSA) is 83.5 Å². The van der Waals surface area contributed by atoms with Crippen molar-refractivity contribution in [3.8, 4) is 5.75 Å². The second-order valence-electron chi connectivity index (χ2n) is 3.15. The van der Waals surface area contributed by atoms with Crippen LogP contribution in [0, 0.1) is 0 Å². The third-order valence-corrected chi connectivity index (χ3v) is 2.59. The first-order valence-electron chi connectivity index (χ1n) is 4.63. The van der Waals surface area contributed by atoms with Gasteiger partial charge >= 0.3 is 29.6 Å². The number of carbonyl (C=O) groups is 1. The van der Waals surface area contributed by atoms with Gasteiger partial charge in [-0.3, -0.25) is 4.79 Å². The molecule has 0 saturated heterocycles. The standard InChI is InChI=1S/C10H12O5S.Na/c11-8-9-3-1-4-10(7-9)15-5-2-6-16(12,13)14;/h1,3-4,7-8H,2,5-6H2,(H,12,13,14);/q;+1/p-1. The summed E-state index contributed by atoms with van der Waals surface area (Å²) in [5.74, 6) is 0.0355. The molecule has 0 aromatic heterocycles. The number of hydrogen-bond donors (Lipinski definition) is 0. The fraction of sp³-hybridized carbons (Fsp3) is 0.300. The van der Waals surface area contributed by atoms with Crippen LogP contribution in [0.1, 0.15) is 16.8 Å². The van der Waals surface area contributed by atoms with Gasteiger partial charge in [0.25, 0.3) is 0 Å². The van der Waals surface area contributed by atoms with Gasteiger partial charge in [0.1, 0.15) is 12.0 Å². The normalized spacial score (nSPS) is 10.4. The molecule has 1 aromatic rings. The van der Waals surface area contributed by atoms with Gasteiger partial charge < -0.3 is 9.29 Å². The van der Waals surface area contributed by atoms with Gasteiger partial charge in [-0.05, 0) is 18.6 Å². The molecule has 5 nitrogen and oxygen atoms in total. The van der Waals surface area contributed by atoms with Crippen LogP contribution in [0.25, 0.3) is 0 Å². The molecule has 0 N–H and O–H groups in total. The molecular formula is C10H11NaO5S. The molecule has 88 valence electrons. The fourth-order valence-corrected chi connectivity index (χ4v) is 1.57. The number of carbonyl (C=O) groups excluding carboxylic acids is 1. The molecule has 0 heterocycles. The van der Waals surface area contributed by atoms with E-state index in [1.807, 2.05) is 0 Å². The zero-order valence-electron chi connectivity index (χ0n) is 9.46. The molecule has 0 aliphatic carbocycles. The van der Waals surface area contributed by atoms with Crippen molar-refractivity contribution < 1.29 is 52.1 Å². The second-order valence-corrected chi connectivity index (χ2v) is 4.68. The maximum absolute atomic E-state index is 10.4. The number of hydrogen-bond acceptors (Lipinski definition) is 5. The Morgan fingerprint density at radius 1 is 1.35 bits per heavy atom. The summed E-state index contributed by atoms with van der Waals surface area (Å²) in [6.07, 6.45) is 0.826. The Bertz CT molecular complexity index is 458. The predicted molar refractivity (Wildman–Crippen MR) is 56.5 cm³/mol. The Hall–Kier alpha value is -0.400. The molecule has 0 spiro atoms. The van der Waals surface area contributed by atoms with E-state index in [1.54, 1.807) is 24.3 Å². The number of benzene rings is 1. The van der Waals surface area contributed by atoms with Gasteiger partial charge in [0, 0.05) is 11.3 Å². The Morgan fingerprint density at radius 2 is 2.06 bits per heavy atom. The molecule has 0 unspecified atom stereocenters. The molecule has 0 aliphatic heterocycles. The number of rotatable bonds is 6. The molecule has 0 fully saturated rings. The van der Waals surface area contributed by atoms with Crippen molar-refractivity contribution >= 4 is 16.4 Å². The Kier molecular flexibility index (Phi) is 7.65. The summed E-state index contributed by atoms with van der Waals surface area (Å²) in [4.78, 5) is 10.4. The maximum Gasteiger partial charge on any atom is 1.00 e. The zero-order chi connectivity index (χ0) is 12.0. The molecule has 0 amide bonds. The van der Waals surface area contributed by atoms with Crippen LogP contribution in [-0.4, -0.2) is 31.6 Å². The van der Waals surface area contributed by atoms with E-state index in [-0.39, 0.29) is 42.6 Å². The molecule has 0 aliphatic rings. The smallest absolute Gasteiger partial charge is 0.748 e. The molecule has 1 rings (SSSR count). The number of aldehydes is 1. The molecule has 0 radical (unpaired) electrons. The van der Waals surface area contributed by atoms with Crippen LogP contribution in [0.2, 0.25) is 0 Å². The molecular weight excluding hydrogens is 255 g/mol. The van der Waals surface area contributed by atoms with Crippen molar-refractivity contribution in [2.75, 3.05) is 12.4 Å². The van der Waals surface area contributed by atoms with Crippen molar-refractivity contribution in [2.45, 2.75) is 6.42 Å². The Balaban J connectivity index is 0.00000256. The number of ether oxygens (including phenoxy) is 1. The summed E-state index contributed by atoms with van der Waals surface area (Å²) in [5.41, 5.74) is 0.481. The van der Waals surface area contributed by atoms with E-state index in [4.69, 9.17) is 4.74 Å². The molecule has 1 aromatic carbocycles. The van der Waals surface area contributed by atoms with Crippen LogP contribution >= 0.6 is 0 Å². The summed E-state index contributed by atoms with van der Waals surface area (Å²) in [6, 6.07) is 6.47. The Morgan fingerprint density at radius 3 is 2.65 bits per heavy atom. The molecule has 0 saturated carbocycles. The van der Waals surface area contributed by atoms with E-state index in [2.05, 4.69) is 0 Å². The van der Waals surface area contributed by atoms with E-state index in [1.165, 1.54) is 0 Å². The molecule has 0 atom stereocenters. The zero-order valence-corrected chi connectivity index (χ0v) is 12.3. The van der Waals surface area contributed by atoms with Crippen LogP contribution in [0.5, 0.6) is 5.75 Å². The van der Waals surface area contributed by atoms with E-state index in [0.29, 0.717) is 17.6 Å². The van der Waals surface area contributed by atoms with Gasteiger partial charge in [0.15, 0.2) is 0 Å². The van der Waals surface area contributed by atoms with Gasteiger partial charge in [0.05, 0.1) is 16.7 Å². The predicted octanol–water partition coefficient (Wildman–Crippen LogP) is -2.18. The first-order chi connectivity index (χ1) is 7.51. The van der Waals surface area contributed by atoms with Gasteiger partial charge in [-0.1, -0.05) is 12.1 Å². The van der Waals surface area contributed by atoms with Gasteiger partial charge in [-0.2, -0.15) is 0 Å². The van der Waals surface area contributed by atoms with Crippen molar-refractivity contribution in [1.82, 2.24) is 0 Å². The second kappa shape index (κ2) is 7.84. The van der Waals surface area contributed by atoms with Crippen molar-refractivity contribution in [1.29, 1.82) is 0 Å². The summed E-state index contributed by atoms with van der Waals surface area (Å²) >= 11 is 0. The average molecular weight is 266 g/mol. The minimum atomic E-state index is -4.18. The van der Waals surface area contributed by atoms with Crippen LogP contribution < -0.4 is 34.3 Å². The average Bonchev–Trinajstić information content (AvgIpc) is 2.23. The van der Waals surface area contributed by atoms with Gasteiger partial charge in [-0.15, -0.1) is 0 Å². The summed E-state index contributed by atoms with van der Waals surface area (Å²) in [5, 5.41) is 0. The minimum Gasteiger partial charge on any atom is -0.748 e. The summed E-state index contributed by atoms with van der Waals surface area (Å²) in [6.45, 7) is 0.129. The molecule has 0 bridgehead atoms. The summed E-state index contributed by atoms with van der Waals surface area (Å²) in [7, 11) is -4.18. The van der Waals surface area contributed by atoms with Crippen molar-refractivity contribution in [2.24, 2.45) is 0 Å². The quantitative estimate of drug-likeness (QED) is 0.253. The van der Waals surface area contributed by atoms with Gasteiger partial charge in [-0.25, -0.2) is 8.42 Å². The monoisotopic (exact) mass is 266 g/mol. The first-order valence-corrected chi connectivity index (χ1v) is 6.20. The van der Waals surface area contributed by atoms with Crippen LogP contribution in [0.15, 0.2) is 24.3 Å². The largest absolute Gasteiger partial charge is 1.00 e. The van der Waals surface area contributed by atoms with Crippen LogP contribution in [0.3, 0.4) is 0 Å². The molecule has 17 heavy (non-hydrogen) atoms. The van der Waals surface area contributed by atoms with Gasteiger partial charge in [0.2, 0.25) is 0 Å².